The van der Waals surface area contributed by atoms with Crippen molar-refractivity contribution in [2.75, 3.05) is 0 Å². The number of carbonyl (C=O) groups excluding carboxylic acids is 1. The molecule has 1 fully saturated rings. The lowest BCUT2D eigenvalue weighted by molar-refractivity contribution is -0.135. The average Bonchev–Trinajstić information content (AvgIpc) is 2.27. The molecule has 3 heteroatoms. The molecule has 1 saturated carbocycles. The van der Waals surface area contributed by atoms with Gasteiger partial charge in [-0.05, 0) is 32.3 Å². The number of nitrogens with one attached hydrogen (secondary N) is 1. The van der Waals surface area contributed by atoms with E-state index in [9.17, 15) is 4.79 Å². The van der Waals surface area contributed by atoms with Crippen molar-refractivity contribution in [2.45, 2.75) is 45.4 Å². The summed E-state index contributed by atoms with van der Waals surface area (Å²) in [4.78, 5) is 11.7. The van der Waals surface area contributed by atoms with Crippen LogP contribution in [0.4, 0.5) is 0 Å². The quantitative estimate of drug-likeness (QED) is 0.868. The van der Waals surface area contributed by atoms with Crippen LogP contribution in [0.5, 0.6) is 0 Å². The fourth-order valence-electron chi connectivity index (χ4n) is 2.11. The van der Waals surface area contributed by atoms with Gasteiger partial charge in [-0.15, -0.1) is 0 Å². The van der Waals surface area contributed by atoms with Crippen molar-refractivity contribution in [3.63, 3.8) is 0 Å². The molecule has 0 heterocycles. The lowest BCUT2D eigenvalue weighted by atomic mass is 9.81. The van der Waals surface area contributed by atoms with E-state index in [0.29, 0.717) is 6.61 Å². The van der Waals surface area contributed by atoms with Crippen LogP contribution in [0.25, 0.3) is 0 Å². The van der Waals surface area contributed by atoms with Gasteiger partial charge in [0.25, 0.3) is 0 Å². The Balaban J connectivity index is 1.66. The summed E-state index contributed by atoms with van der Waals surface area (Å²) in [6, 6.07) is 10.4. The molecular weight excluding hydrogens is 226 g/mol. The molecule has 0 atom stereocenters. The highest BCUT2D eigenvalue weighted by molar-refractivity contribution is 5.79. The molecule has 1 aliphatic rings. The van der Waals surface area contributed by atoms with Gasteiger partial charge in [-0.2, -0.15) is 0 Å². The highest BCUT2D eigenvalue weighted by atomic mass is 16.5. The Hall–Kier alpha value is -1.35. The van der Waals surface area contributed by atoms with Crippen LogP contribution in [0.2, 0.25) is 0 Å². The second-order valence-electron chi connectivity index (χ2n) is 5.25. The third kappa shape index (κ3) is 3.57. The molecule has 3 nitrogen and oxygen atoms in total. The van der Waals surface area contributed by atoms with Crippen molar-refractivity contribution < 1.29 is 9.53 Å². The molecule has 1 aliphatic carbocycles. The molecule has 1 aromatic rings. The summed E-state index contributed by atoms with van der Waals surface area (Å²) in [7, 11) is 0. The number of amides is 1. The Labute approximate surface area is 109 Å². The van der Waals surface area contributed by atoms with Crippen molar-refractivity contribution >= 4 is 5.91 Å². The molecule has 0 aromatic heterocycles. The molecule has 18 heavy (non-hydrogen) atoms. The predicted octanol–water partition coefficient (Wildman–Crippen LogP) is 2.51. The molecule has 98 valence electrons. The monoisotopic (exact) mass is 247 g/mol. The lowest BCUT2D eigenvalue weighted by Gasteiger charge is -2.34. The number of carbonyl (C=O) groups is 1. The van der Waals surface area contributed by atoms with E-state index in [1.807, 2.05) is 32.0 Å². The van der Waals surface area contributed by atoms with Crippen LogP contribution in [0.15, 0.2) is 30.3 Å². The number of benzene rings is 1. The van der Waals surface area contributed by atoms with Gasteiger partial charge >= 0.3 is 0 Å². The summed E-state index contributed by atoms with van der Waals surface area (Å²) < 4.78 is 5.77. The zero-order valence-electron chi connectivity index (χ0n) is 11.1. The number of ether oxygens (including phenoxy) is 1. The maximum Gasteiger partial charge on any atom is 0.223 e. The van der Waals surface area contributed by atoms with Gasteiger partial charge in [0.2, 0.25) is 5.91 Å². The fraction of sp³-hybridized carbons (Fsp3) is 0.533. The molecule has 2 rings (SSSR count). The van der Waals surface area contributed by atoms with Crippen LogP contribution in [0, 0.1) is 5.92 Å². The third-order valence-corrected chi connectivity index (χ3v) is 3.23. The molecule has 0 unspecified atom stereocenters. The zero-order chi connectivity index (χ0) is 13.0. The van der Waals surface area contributed by atoms with E-state index in [1.54, 1.807) is 0 Å². The first kappa shape index (κ1) is 13.1. The molecule has 1 N–H and O–H groups in total. The summed E-state index contributed by atoms with van der Waals surface area (Å²) in [6.07, 6.45) is 1.95. The normalized spacial score (nSPS) is 22.6. The highest BCUT2D eigenvalue weighted by Gasteiger charge is 2.35. The first-order valence-corrected chi connectivity index (χ1v) is 6.61. The summed E-state index contributed by atoms with van der Waals surface area (Å²) >= 11 is 0. The van der Waals surface area contributed by atoms with Crippen LogP contribution >= 0.6 is 0 Å². The lowest BCUT2D eigenvalue weighted by Crippen LogP contribution is -2.44. The zero-order valence-corrected chi connectivity index (χ0v) is 11.1. The molecule has 1 amide bonds. The average molecular weight is 247 g/mol. The predicted molar refractivity (Wildman–Crippen MR) is 71.0 cm³/mol. The van der Waals surface area contributed by atoms with Gasteiger partial charge < -0.3 is 10.1 Å². The molecule has 1 aromatic carbocycles. The van der Waals surface area contributed by atoms with Crippen LogP contribution in [-0.2, 0) is 16.1 Å². The molecule has 0 aliphatic heterocycles. The van der Waals surface area contributed by atoms with E-state index in [4.69, 9.17) is 4.74 Å². The summed E-state index contributed by atoms with van der Waals surface area (Å²) in [5.74, 6) is 0.317. The fourth-order valence-corrected chi connectivity index (χ4v) is 2.11. The van der Waals surface area contributed by atoms with Crippen molar-refractivity contribution in [1.29, 1.82) is 0 Å². The summed E-state index contributed by atoms with van der Waals surface area (Å²) in [5.41, 5.74) is 1.19. The van der Waals surface area contributed by atoms with E-state index < -0.39 is 0 Å². The molecular formula is C15H21NO2. The van der Waals surface area contributed by atoms with Gasteiger partial charge in [0.05, 0.1) is 12.7 Å². The SMILES string of the molecule is CC(C)NC(=O)C1CC(OCc2ccccc2)C1. The maximum atomic E-state index is 11.7. The standard InChI is InChI=1S/C15H21NO2/c1-11(2)16-15(17)13-8-14(9-13)18-10-12-6-4-3-5-7-12/h3-7,11,13-14H,8-10H2,1-2H3,(H,16,17). The highest BCUT2D eigenvalue weighted by Crippen LogP contribution is 2.30. The van der Waals surface area contributed by atoms with E-state index in [1.165, 1.54) is 5.56 Å². The van der Waals surface area contributed by atoms with Crippen molar-refractivity contribution in [3.8, 4) is 0 Å². The van der Waals surface area contributed by atoms with Crippen molar-refractivity contribution in [3.05, 3.63) is 35.9 Å². The number of rotatable bonds is 5. The molecule has 0 spiro atoms. The van der Waals surface area contributed by atoms with E-state index in [2.05, 4.69) is 17.4 Å². The van der Waals surface area contributed by atoms with Gasteiger partial charge in [-0.25, -0.2) is 0 Å². The summed E-state index contributed by atoms with van der Waals surface area (Å²) in [6.45, 7) is 4.62. The third-order valence-electron chi connectivity index (χ3n) is 3.23. The van der Waals surface area contributed by atoms with Crippen molar-refractivity contribution in [1.82, 2.24) is 5.32 Å². The van der Waals surface area contributed by atoms with Gasteiger partial charge in [0, 0.05) is 12.0 Å². The maximum absolute atomic E-state index is 11.7. The Morgan fingerprint density at radius 3 is 2.61 bits per heavy atom. The Kier molecular flexibility index (Phi) is 4.37. The molecule has 0 radical (unpaired) electrons. The second kappa shape index (κ2) is 6.01. The van der Waals surface area contributed by atoms with Gasteiger partial charge in [0.1, 0.15) is 0 Å². The van der Waals surface area contributed by atoms with Crippen molar-refractivity contribution in [2.24, 2.45) is 5.92 Å². The van der Waals surface area contributed by atoms with Gasteiger partial charge in [0.15, 0.2) is 0 Å². The Morgan fingerprint density at radius 1 is 1.33 bits per heavy atom. The first-order chi connectivity index (χ1) is 8.65. The minimum absolute atomic E-state index is 0.146. The minimum atomic E-state index is 0.146. The smallest absolute Gasteiger partial charge is 0.223 e. The van der Waals surface area contributed by atoms with Gasteiger partial charge in [-0.1, -0.05) is 30.3 Å². The van der Waals surface area contributed by atoms with Crippen LogP contribution in [-0.4, -0.2) is 18.1 Å². The Morgan fingerprint density at radius 2 is 2.00 bits per heavy atom. The number of hydrogen-bond donors (Lipinski definition) is 1. The topological polar surface area (TPSA) is 38.3 Å². The second-order valence-corrected chi connectivity index (χ2v) is 5.25. The molecule has 0 bridgehead atoms. The van der Waals surface area contributed by atoms with Crippen LogP contribution < -0.4 is 5.32 Å². The van der Waals surface area contributed by atoms with Crippen LogP contribution in [0.3, 0.4) is 0 Å². The minimum Gasteiger partial charge on any atom is -0.373 e. The first-order valence-electron chi connectivity index (χ1n) is 6.61. The number of hydrogen-bond acceptors (Lipinski definition) is 2. The Bertz CT molecular complexity index is 383. The molecule has 0 saturated heterocycles. The largest absolute Gasteiger partial charge is 0.373 e. The van der Waals surface area contributed by atoms with Gasteiger partial charge in [-0.3, -0.25) is 4.79 Å². The van der Waals surface area contributed by atoms with Crippen LogP contribution in [0.1, 0.15) is 32.3 Å². The van der Waals surface area contributed by atoms with E-state index in [-0.39, 0.29) is 24.0 Å². The summed E-state index contributed by atoms with van der Waals surface area (Å²) in [5, 5.41) is 2.94. The van der Waals surface area contributed by atoms with E-state index in [0.717, 1.165) is 12.8 Å². The van der Waals surface area contributed by atoms with E-state index >= 15 is 0 Å².